The van der Waals surface area contributed by atoms with Gasteiger partial charge in [0.25, 0.3) is 0 Å². The molecule has 1 aliphatic heterocycles. The van der Waals surface area contributed by atoms with Crippen LogP contribution in [0.15, 0.2) is 10.8 Å². The van der Waals surface area contributed by atoms with Gasteiger partial charge in [0, 0.05) is 13.1 Å². The molecule has 10 heavy (non-hydrogen) atoms. The average molecular weight is 140 g/mol. The van der Waals surface area contributed by atoms with Gasteiger partial charge in [-0.2, -0.15) is 0 Å². The largest absolute Gasteiger partial charge is 0.295 e. The molecule has 0 amide bonds. The highest BCUT2D eigenvalue weighted by Crippen LogP contribution is 2.06. The zero-order chi connectivity index (χ0) is 6.81. The Morgan fingerprint density at radius 2 is 2.30 bits per heavy atom. The fourth-order valence-corrected chi connectivity index (χ4v) is 1.01. The molecule has 5 heteroatoms. The van der Waals surface area contributed by atoms with Crippen LogP contribution < -0.4 is 10.6 Å². The SMILES string of the molecule is c1nonc1C1NCCN1. The van der Waals surface area contributed by atoms with Crippen LogP contribution >= 0.6 is 0 Å². The fourth-order valence-electron chi connectivity index (χ4n) is 1.01. The lowest BCUT2D eigenvalue weighted by Crippen LogP contribution is -2.21. The summed E-state index contributed by atoms with van der Waals surface area (Å²) in [5.74, 6) is 0. The molecular formula is C5H8N4O. The van der Waals surface area contributed by atoms with E-state index in [1.807, 2.05) is 0 Å². The molecule has 0 unspecified atom stereocenters. The molecule has 0 radical (unpaired) electrons. The molecule has 0 bridgehead atoms. The lowest BCUT2D eigenvalue weighted by Gasteiger charge is -2.02. The lowest BCUT2D eigenvalue weighted by atomic mass is 10.4. The van der Waals surface area contributed by atoms with Gasteiger partial charge in [0.05, 0.1) is 6.20 Å². The second kappa shape index (κ2) is 2.36. The second-order valence-corrected chi connectivity index (χ2v) is 2.17. The van der Waals surface area contributed by atoms with Crippen LogP contribution in [0.25, 0.3) is 0 Å². The highest BCUT2D eigenvalue weighted by molar-refractivity contribution is 4.99. The van der Waals surface area contributed by atoms with E-state index in [4.69, 9.17) is 0 Å². The molecule has 0 aliphatic carbocycles. The summed E-state index contributed by atoms with van der Waals surface area (Å²) < 4.78 is 4.45. The van der Waals surface area contributed by atoms with Crippen molar-refractivity contribution in [3.05, 3.63) is 11.9 Å². The molecule has 0 aromatic carbocycles. The van der Waals surface area contributed by atoms with E-state index in [1.54, 1.807) is 6.20 Å². The van der Waals surface area contributed by atoms with Gasteiger partial charge in [0.1, 0.15) is 11.9 Å². The maximum absolute atomic E-state index is 4.45. The molecule has 0 spiro atoms. The van der Waals surface area contributed by atoms with Crippen molar-refractivity contribution in [2.24, 2.45) is 0 Å². The first kappa shape index (κ1) is 5.82. The zero-order valence-electron chi connectivity index (χ0n) is 5.37. The van der Waals surface area contributed by atoms with Gasteiger partial charge in [-0.3, -0.25) is 10.6 Å². The van der Waals surface area contributed by atoms with E-state index >= 15 is 0 Å². The van der Waals surface area contributed by atoms with Crippen molar-refractivity contribution >= 4 is 0 Å². The van der Waals surface area contributed by atoms with Gasteiger partial charge in [-0.1, -0.05) is 10.3 Å². The Balaban J connectivity index is 2.12. The van der Waals surface area contributed by atoms with Gasteiger partial charge in [-0.15, -0.1) is 0 Å². The summed E-state index contributed by atoms with van der Waals surface area (Å²) in [6.45, 7) is 1.94. The monoisotopic (exact) mass is 140 g/mol. The van der Waals surface area contributed by atoms with Gasteiger partial charge >= 0.3 is 0 Å². The highest BCUT2D eigenvalue weighted by atomic mass is 16.6. The highest BCUT2D eigenvalue weighted by Gasteiger charge is 2.17. The second-order valence-electron chi connectivity index (χ2n) is 2.17. The third kappa shape index (κ3) is 0.891. The lowest BCUT2D eigenvalue weighted by molar-refractivity contribution is 0.298. The van der Waals surface area contributed by atoms with Crippen LogP contribution in [0.2, 0.25) is 0 Å². The third-order valence-corrected chi connectivity index (χ3v) is 1.50. The summed E-state index contributed by atoms with van der Waals surface area (Å²) >= 11 is 0. The Labute approximate surface area is 57.8 Å². The van der Waals surface area contributed by atoms with Crippen LogP contribution in [-0.4, -0.2) is 23.4 Å². The topological polar surface area (TPSA) is 63.0 Å². The van der Waals surface area contributed by atoms with E-state index in [9.17, 15) is 0 Å². The van der Waals surface area contributed by atoms with Crippen molar-refractivity contribution in [3.63, 3.8) is 0 Å². The molecule has 1 saturated heterocycles. The van der Waals surface area contributed by atoms with Crippen LogP contribution in [0.3, 0.4) is 0 Å². The molecule has 2 N–H and O–H groups in total. The first-order valence-electron chi connectivity index (χ1n) is 3.21. The first-order valence-corrected chi connectivity index (χ1v) is 3.21. The standard InChI is InChI=1S/C5H8N4O/c1-2-7-5(6-1)4-3-8-10-9-4/h3,5-7H,1-2H2. The fraction of sp³-hybridized carbons (Fsp3) is 0.600. The predicted molar refractivity (Wildman–Crippen MR) is 33.0 cm³/mol. The molecule has 5 nitrogen and oxygen atoms in total. The average Bonchev–Trinajstić information content (AvgIpc) is 2.59. The summed E-state index contributed by atoms with van der Waals surface area (Å²) in [6, 6.07) is 0. The minimum atomic E-state index is 0.131. The maximum atomic E-state index is 4.45. The van der Waals surface area contributed by atoms with Gasteiger partial charge < -0.3 is 0 Å². The number of aromatic nitrogens is 2. The molecule has 1 fully saturated rings. The van der Waals surface area contributed by atoms with Crippen molar-refractivity contribution in [1.29, 1.82) is 0 Å². The Morgan fingerprint density at radius 1 is 1.50 bits per heavy atom. The summed E-state index contributed by atoms with van der Waals surface area (Å²) in [5, 5.41) is 13.6. The Morgan fingerprint density at radius 3 is 2.90 bits per heavy atom. The molecular weight excluding hydrogens is 132 g/mol. The Bertz CT molecular complexity index is 191. The van der Waals surface area contributed by atoms with Crippen molar-refractivity contribution in [2.45, 2.75) is 6.17 Å². The summed E-state index contributed by atoms with van der Waals surface area (Å²) in [5.41, 5.74) is 0.817. The normalized spacial score (nSPS) is 20.0. The van der Waals surface area contributed by atoms with E-state index in [2.05, 4.69) is 25.6 Å². The first-order chi connectivity index (χ1) is 4.97. The zero-order valence-corrected chi connectivity index (χ0v) is 5.37. The van der Waals surface area contributed by atoms with Crippen LogP contribution in [0.4, 0.5) is 0 Å². The number of nitrogens with one attached hydrogen (secondary N) is 2. The summed E-state index contributed by atoms with van der Waals surface area (Å²) in [7, 11) is 0. The minimum absolute atomic E-state index is 0.131. The van der Waals surface area contributed by atoms with Crippen molar-refractivity contribution < 1.29 is 4.63 Å². The third-order valence-electron chi connectivity index (χ3n) is 1.50. The minimum Gasteiger partial charge on any atom is -0.295 e. The van der Waals surface area contributed by atoms with E-state index in [0.29, 0.717) is 0 Å². The molecule has 0 saturated carbocycles. The van der Waals surface area contributed by atoms with Gasteiger partial charge in [0.15, 0.2) is 0 Å². The number of rotatable bonds is 1. The molecule has 2 heterocycles. The molecule has 1 aliphatic rings. The predicted octanol–water partition coefficient (Wildman–Crippen LogP) is -0.739. The summed E-state index contributed by atoms with van der Waals surface area (Å²) in [6.07, 6.45) is 1.74. The molecule has 2 rings (SSSR count). The number of nitrogens with zero attached hydrogens (tertiary/aromatic N) is 2. The van der Waals surface area contributed by atoms with Gasteiger partial charge in [-0.25, -0.2) is 4.63 Å². The van der Waals surface area contributed by atoms with Crippen molar-refractivity contribution in [3.8, 4) is 0 Å². The van der Waals surface area contributed by atoms with Gasteiger partial charge in [-0.05, 0) is 0 Å². The summed E-state index contributed by atoms with van der Waals surface area (Å²) in [4.78, 5) is 0. The maximum Gasteiger partial charge on any atom is 0.136 e. The molecule has 0 atom stereocenters. The molecule has 54 valence electrons. The quantitative estimate of drug-likeness (QED) is 0.538. The van der Waals surface area contributed by atoms with Crippen molar-refractivity contribution in [1.82, 2.24) is 20.9 Å². The van der Waals surface area contributed by atoms with Crippen LogP contribution in [0, 0.1) is 0 Å². The Hall–Kier alpha value is -0.940. The molecule has 1 aromatic heterocycles. The van der Waals surface area contributed by atoms with E-state index in [0.717, 1.165) is 18.8 Å². The van der Waals surface area contributed by atoms with Crippen LogP contribution in [-0.2, 0) is 0 Å². The number of hydrogen-bond acceptors (Lipinski definition) is 5. The van der Waals surface area contributed by atoms with Crippen LogP contribution in [0.1, 0.15) is 11.9 Å². The van der Waals surface area contributed by atoms with Crippen LogP contribution in [0.5, 0.6) is 0 Å². The van der Waals surface area contributed by atoms with Crippen molar-refractivity contribution in [2.75, 3.05) is 13.1 Å². The van der Waals surface area contributed by atoms with E-state index in [-0.39, 0.29) is 6.17 Å². The van der Waals surface area contributed by atoms with E-state index < -0.39 is 0 Å². The molecule has 1 aromatic rings. The van der Waals surface area contributed by atoms with E-state index in [1.165, 1.54) is 0 Å². The number of hydrogen-bond donors (Lipinski definition) is 2. The Kier molecular flexibility index (Phi) is 1.37. The van der Waals surface area contributed by atoms with Gasteiger partial charge in [0.2, 0.25) is 0 Å². The smallest absolute Gasteiger partial charge is 0.136 e.